The Morgan fingerprint density at radius 1 is 0.838 bits per heavy atom. The maximum atomic E-state index is 11.4. The molecule has 21 nitrogen and oxygen atoms in total. The van der Waals surface area contributed by atoms with Gasteiger partial charge in [0.1, 0.15) is 12.7 Å². The molecule has 0 aliphatic carbocycles. The minimum Gasteiger partial charge on any atom is -0.481 e. The van der Waals surface area contributed by atoms with Crippen LogP contribution in [0, 0.1) is 0 Å². The van der Waals surface area contributed by atoms with Gasteiger partial charge in [0.05, 0.1) is 6.42 Å². The minimum absolute atomic E-state index is 0.0600. The molecule has 0 radical (unpaired) electrons. The van der Waals surface area contributed by atoms with Crippen LogP contribution in [0.2, 0.25) is 0 Å². The van der Waals surface area contributed by atoms with Gasteiger partial charge in [0.2, 0.25) is 0 Å². The van der Waals surface area contributed by atoms with Crippen LogP contribution in [0.5, 0.6) is 0 Å². The lowest BCUT2D eigenvalue weighted by molar-refractivity contribution is -0.152. The number of aliphatic hydroxyl groups excluding tert-OH is 1. The minimum atomic E-state index is -1.79. The SMILES string of the molecule is Cn1nnc2c(C(N)=O)ncn2c1=O.Cn1nnc2c(C(N)=O)ncn2c1=O.O=C(O)CC(O)C(=O)O. The van der Waals surface area contributed by atoms with E-state index >= 15 is 0 Å². The highest BCUT2D eigenvalue weighted by atomic mass is 16.4. The van der Waals surface area contributed by atoms with E-state index in [1.165, 1.54) is 26.7 Å². The Balaban J connectivity index is 0.000000201. The number of nitrogens with two attached hydrogens (primary N) is 2. The quantitative estimate of drug-likeness (QED) is 0.163. The molecule has 0 aliphatic heterocycles. The largest absolute Gasteiger partial charge is 0.481 e. The summed E-state index contributed by atoms with van der Waals surface area (Å²) in [6.07, 6.45) is -0.170. The zero-order valence-corrected chi connectivity index (χ0v) is 18.9. The molecule has 0 saturated carbocycles. The molecule has 4 aromatic rings. The van der Waals surface area contributed by atoms with Crippen molar-refractivity contribution in [2.45, 2.75) is 12.5 Å². The van der Waals surface area contributed by atoms with Crippen LogP contribution in [0.4, 0.5) is 0 Å². The fourth-order valence-corrected chi connectivity index (χ4v) is 2.36. The summed E-state index contributed by atoms with van der Waals surface area (Å²) in [4.78, 5) is 71.2. The van der Waals surface area contributed by atoms with Gasteiger partial charge in [0, 0.05) is 14.1 Å². The number of aryl methyl sites for hydroxylation is 2. The molecule has 1 unspecified atom stereocenters. The Kier molecular flexibility index (Phi) is 8.38. The molecule has 21 heteroatoms. The number of carboxylic acid groups (broad SMARTS) is 2. The van der Waals surface area contributed by atoms with Crippen LogP contribution in [0.15, 0.2) is 22.2 Å². The highest BCUT2D eigenvalue weighted by Crippen LogP contribution is 2.01. The van der Waals surface area contributed by atoms with Crippen molar-refractivity contribution in [3.05, 3.63) is 45.0 Å². The molecule has 4 heterocycles. The number of carbonyl (C=O) groups is 4. The van der Waals surface area contributed by atoms with E-state index in [2.05, 4.69) is 30.6 Å². The average Bonchev–Trinajstić information content (AvgIpc) is 3.44. The number of hydrogen-bond donors (Lipinski definition) is 5. The monoisotopic (exact) mass is 522 g/mol. The number of aliphatic hydroxyl groups is 1. The summed E-state index contributed by atoms with van der Waals surface area (Å²) in [5, 5.41) is 38.4. The average molecular weight is 522 g/mol. The number of nitrogens with zero attached hydrogens (tertiary/aromatic N) is 10. The fourth-order valence-electron chi connectivity index (χ4n) is 2.36. The summed E-state index contributed by atoms with van der Waals surface area (Å²) in [7, 11) is 2.89. The first-order valence-electron chi connectivity index (χ1n) is 9.52. The molecule has 2 amide bonds. The Labute approximate surface area is 202 Å². The van der Waals surface area contributed by atoms with E-state index in [1.807, 2.05) is 0 Å². The third kappa shape index (κ3) is 6.30. The van der Waals surface area contributed by atoms with Gasteiger partial charge in [-0.1, -0.05) is 10.4 Å². The van der Waals surface area contributed by atoms with Gasteiger partial charge in [0.15, 0.2) is 28.8 Å². The van der Waals surface area contributed by atoms with Crippen LogP contribution >= 0.6 is 0 Å². The van der Waals surface area contributed by atoms with Crippen molar-refractivity contribution >= 4 is 35.0 Å². The summed E-state index contributed by atoms with van der Waals surface area (Å²) in [6.45, 7) is 0. The van der Waals surface area contributed by atoms with Crippen molar-refractivity contribution in [2.75, 3.05) is 0 Å². The second kappa shape index (κ2) is 11.2. The topological polar surface area (TPSA) is 311 Å². The molecule has 0 saturated heterocycles. The van der Waals surface area contributed by atoms with Gasteiger partial charge < -0.3 is 26.8 Å². The summed E-state index contributed by atoms with van der Waals surface area (Å²) in [5.74, 6) is -4.33. The maximum absolute atomic E-state index is 11.4. The molecular formula is C16H18N12O9. The molecule has 1 atom stereocenters. The lowest BCUT2D eigenvalue weighted by Crippen LogP contribution is -2.27. The van der Waals surface area contributed by atoms with E-state index in [-0.39, 0.29) is 22.7 Å². The van der Waals surface area contributed by atoms with Crippen molar-refractivity contribution in [1.29, 1.82) is 0 Å². The number of imidazole rings is 2. The zero-order chi connectivity index (χ0) is 28.0. The van der Waals surface area contributed by atoms with Gasteiger partial charge in [-0.05, 0) is 0 Å². The summed E-state index contributed by atoms with van der Waals surface area (Å²) >= 11 is 0. The third-order valence-corrected chi connectivity index (χ3v) is 4.12. The molecule has 196 valence electrons. The van der Waals surface area contributed by atoms with Crippen LogP contribution in [-0.2, 0) is 23.7 Å². The Morgan fingerprint density at radius 3 is 1.49 bits per heavy atom. The zero-order valence-electron chi connectivity index (χ0n) is 18.9. The molecule has 0 bridgehead atoms. The molecule has 7 N–H and O–H groups in total. The lowest BCUT2D eigenvalue weighted by Gasteiger charge is -1.97. The second-order valence-corrected chi connectivity index (χ2v) is 6.75. The van der Waals surface area contributed by atoms with Gasteiger partial charge in [-0.25, -0.2) is 33.2 Å². The van der Waals surface area contributed by atoms with Crippen LogP contribution < -0.4 is 22.8 Å². The fraction of sp³-hybridized carbons (Fsp3) is 0.250. The van der Waals surface area contributed by atoms with Gasteiger partial charge in [-0.15, -0.1) is 10.2 Å². The molecular weight excluding hydrogens is 504 g/mol. The molecule has 0 aromatic carbocycles. The maximum Gasteiger partial charge on any atom is 0.352 e. The molecule has 0 fully saturated rings. The van der Waals surface area contributed by atoms with Crippen molar-refractivity contribution in [3.8, 4) is 0 Å². The number of carbonyl (C=O) groups excluding carboxylic acids is 2. The standard InChI is InChI=1S/2C6H6N6O2.C4H6O5/c2*1-11-6(14)12-2-8-3(4(7)13)5(12)9-10-11;5-2(4(8)9)1-3(6)7/h2*2H,1H3,(H2,7,13);2,5H,1H2,(H,6,7)(H,8,9). The first-order valence-corrected chi connectivity index (χ1v) is 9.52. The summed E-state index contributed by atoms with van der Waals surface area (Å²) in [6, 6.07) is 0. The van der Waals surface area contributed by atoms with Gasteiger partial charge in [-0.3, -0.25) is 14.4 Å². The number of aromatic nitrogens is 10. The lowest BCUT2D eigenvalue weighted by atomic mass is 10.3. The first-order chi connectivity index (χ1) is 17.3. The highest BCUT2D eigenvalue weighted by molar-refractivity contribution is 5.97. The summed E-state index contributed by atoms with van der Waals surface area (Å²) in [5.41, 5.74) is 9.19. The van der Waals surface area contributed by atoms with Gasteiger partial charge in [-0.2, -0.15) is 9.36 Å². The number of hydrogen-bond acceptors (Lipinski definition) is 13. The van der Waals surface area contributed by atoms with E-state index in [1.54, 1.807) is 0 Å². The smallest absolute Gasteiger partial charge is 0.352 e. The van der Waals surface area contributed by atoms with E-state index in [4.69, 9.17) is 26.8 Å². The molecule has 4 aromatic heterocycles. The predicted molar refractivity (Wildman–Crippen MR) is 115 cm³/mol. The summed E-state index contributed by atoms with van der Waals surface area (Å²) < 4.78 is 4.26. The molecule has 0 aliphatic rings. The van der Waals surface area contributed by atoms with Crippen LogP contribution in [-0.4, -0.2) is 93.9 Å². The van der Waals surface area contributed by atoms with Crippen molar-refractivity contribution < 1.29 is 34.5 Å². The van der Waals surface area contributed by atoms with Crippen molar-refractivity contribution in [2.24, 2.45) is 25.6 Å². The molecule has 37 heavy (non-hydrogen) atoms. The normalized spacial score (nSPS) is 11.1. The van der Waals surface area contributed by atoms with E-state index in [9.17, 15) is 28.8 Å². The number of rotatable bonds is 5. The molecule has 4 rings (SSSR count). The second-order valence-electron chi connectivity index (χ2n) is 6.75. The Hall–Kier alpha value is -5.60. The third-order valence-electron chi connectivity index (χ3n) is 4.12. The van der Waals surface area contributed by atoms with Crippen molar-refractivity contribution in [1.82, 2.24) is 48.8 Å². The first kappa shape index (κ1) is 27.6. The predicted octanol–water partition coefficient (Wildman–Crippen LogP) is -5.25. The van der Waals surface area contributed by atoms with E-state index in [0.29, 0.717) is 0 Å². The molecule has 0 spiro atoms. The number of carboxylic acids is 2. The van der Waals surface area contributed by atoms with Gasteiger partial charge in [0.25, 0.3) is 11.8 Å². The number of fused-ring (bicyclic) bond motifs is 2. The van der Waals surface area contributed by atoms with E-state index in [0.717, 1.165) is 18.2 Å². The number of amides is 2. The number of aliphatic carboxylic acids is 2. The number of primary amides is 2. The van der Waals surface area contributed by atoms with Crippen LogP contribution in [0.25, 0.3) is 11.3 Å². The van der Waals surface area contributed by atoms with E-state index < -0.39 is 47.7 Å². The van der Waals surface area contributed by atoms with Crippen LogP contribution in [0.1, 0.15) is 27.4 Å². The Bertz CT molecular complexity index is 1510. The van der Waals surface area contributed by atoms with Crippen molar-refractivity contribution in [3.63, 3.8) is 0 Å². The Morgan fingerprint density at radius 2 is 1.22 bits per heavy atom. The van der Waals surface area contributed by atoms with Gasteiger partial charge >= 0.3 is 23.3 Å². The highest BCUT2D eigenvalue weighted by Gasteiger charge is 2.16. The van der Waals surface area contributed by atoms with Crippen LogP contribution in [0.3, 0.4) is 0 Å².